The van der Waals surface area contributed by atoms with Gasteiger partial charge >= 0.3 is 5.97 Å². The normalized spacial score (nSPS) is 23.1. The van der Waals surface area contributed by atoms with E-state index in [1.807, 2.05) is 0 Å². The van der Waals surface area contributed by atoms with Gasteiger partial charge in [-0.2, -0.15) is 0 Å². The van der Waals surface area contributed by atoms with Gasteiger partial charge < -0.3 is 9.84 Å². The van der Waals surface area contributed by atoms with Crippen LogP contribution in [0.25, 0.3) is 0 Å². The Morgan fingerprint density at radius 1 is 0.667 bits per heavy atom. The molecule has 214 valence electrons. The van der Waals surface area contributed by atoms with Crippen molar-refractivity contribution in [1.29, 1.82) is 0 Å². The fraction of sp³-hybridized carbons (Fsp3) is 0.970. The molecule has 1 saturated carbocycles. The first-order valence-corrected chi connectivity index (χ1v) is 15.9. The van der Waals surface area contributed by atoms with E-state index in [0.717, 1.165) is 38.5 Å². The fourth-order valence-electron chi connectivity index (χ4n) is 6.14. The number of ether oxygens (including phenoxy) is 1. The van der Waals surface area contributed by atoms with Crippen LogP contribution in [-0.2, 0) is 9.53 Å². The van der Waals surface area contributed by atoms with Crippen molar-refractivity contribution < 1.29 is 14.6 Å². The summed E-state index contributed by atoms with van der Waals surface area (Å²) in [5.74, 6) is 0.188. The molecule has 0 aromatic heterocycles. The highest BCUT2D eigenvalue weighted by molar-refractivity contribution is 5.72. The Bertz CT molecular complexity index is 541. The molecule has 36 heavy (non-hydrogen) atoms. The van der Waals surface area contributed by atoms with Crippen molar-refractivity contribution in [2.24, 2.45) is 28.6 Å². The number of unbranched alkanes of at least 4 members (excludes halogenated alkanes) is 13. The topological polar surface area (TPSA) is 46.5 Å². The second kappa shape index (κ2) is 17.8. The van der Waals surface area contributed by atoms with E-state index in [0.29, 0.717) is 6.61 Å². The molecule has 1 aliphatic carbocycles. The third-order valence-electron chi connectivity index (χ3n) is 9.81. The molecule has 0 aromatic rings. The summed E-state index contributed by atoms with van der Waals surface area (Å²) < 4.78 is 5.79. The molecule has 1 rings (SSSR count). The third kappa shape index (κ3) is 11.9. The molecule has 1 N–H and O–H groups in total. The van der Waals surface area contributed by atoms with Crippen LogP contribution >= 0.6 is 0 Å². The van der Waals surface area contributed by atoms with Crippen LogP contribution in [-0.4, -0.2) is 23.8 Å². The van der Waals surface area contributed by atoms with E-state index < -0.39 is 0 Å². The highest BCUT2D eigenvalue weighted by Crippen LogP contribution is 2.50. The van der Waals surface area contributed by atoms with E-state index in [-0.39, 0.29) is 40.7 Å². The molecule has 0 amide bonds. The Morgan fingerprint density at radius 3 is 1.39 bits per heavy atom. The Hall–Kier alpha value is -0.570. The molecular weight excluding hydrogens is 444 g/mol. The Kier molecular flexibility index (Phi) is 16.6. The number of rotatable bonds is 20. The first-order valence-electron chi connectivity index (χ1n) is 15.9. The average molecular weight is 509 g/mol. The summed E-state index contributed by atoms with van der Waals surface area (Å²) in [6.45, 7) is 16.2. The molecule has 1 aliphatic rings. The van der Waals surface area contributed by atoms with E-state index >= 15 is 0 Å². The number of aliphatic hydroxyl groups is 1. The molecule has 3 nitrogen and oxygen atoms in total. The minimum atomic E-state index is -0.343. The van der Waals surface area contributed by atoms with Gasteiger partial charge in [0.15, 0.2) is 0 Å². The van der Waals surface area contributed by atoms with Crippen molar-refractivity contribution in [3.05, 3.63) is 0 Å². The lowest BCUT2D eigenvalue weighted by Gasteiger charge is -2.50. The van der Waals surface area contributed by atoms with E-state index in [9.17, 15) is 9.90 Å². The van der Waals surface area contributed by atoms with Gasteiger partial charge in [0, 0.05) is 0 Å². The summed E-state index contributed by atoms with van der Waals surface area (Å²) in [5.41, 5.74) is 0.0458. The Morgan fingerprint density at radius 2 is 1.03 bits per heavy atom. The first-order chi connectivity index (χ1) is 17.1. The van der Waals surface area contributed by atoms with Gasteiger partial charge in [-0.05, 0) is 41.9 Å². The summed E-state index contributed by atoms with van der Waals surface area (Å²) in [5, 5.41) is 11.3. The van der Waals surface area contributed by atoms with Gasteiger partial charge in [-0.1, -0.05) is 145 Å². The highest BCUT2D eigenvalue weighted by atomic mass is 16.5. The molecule has 0 heterocycles. The standard InChI is InChI=1S/C33H64O3/c1-8-11-12-13-14-15-16-17-18-19-20-21-22-23-24-36-31(35)27-25-28(32(4,5)9-2)30(34)29(26-27)33(6,7)10-3/h27-30,34H,8-26H2,1-7H3. The minimum Gasteiger partial charge on any atom is -0.465 e. The number of hydrogen-bond donors (Lipinski definition) is 1. The van der Waals surface area contributed by atoms with Gasteiger partial charge in [-0.3, -0.25) is 4.79 Å². The molecule has 0 bridgehead atoms. The number of aliphatic hydroxyl groups excluding tert-OH is 1. The van der Waals surface area contributed by atoms with Crippen molar-refractivity contribution in [2.75, 3.05) is 6.61 Å². The molecule has 0 spiro atoms. The van der Waals surface area contributed by atoms with Gasteiger partial charge in [0.1, 0.15) is 0 Å². The Labute approximate surface area is 225 Å². The molecule has 2 atom stereocenters. The number of hydrogen-bond acceptors (Lipinski definition) is 3. The molecule has 0 aliphatic heterocycles. The lowest BCUT2D eigenvalue weighted by Crippen LogP contribution is -2.50. The highest BCUT2D eigenvalue weighted by Gasteiger charge is 2.49. The average Bonchev–Trinajstić information content (AvgIpc) is 2.86. The molecule has 2 unspecified atom stereocenters. The molecule has 0 saturated heterocycles. The lowest BCUT2D eigenvalue weighted by atomic mass is 9.57. The molecule has 3 heteroatoms. The van der Waals surface area contributed by atoms with E-state index in [2.05, 4.69) is 48.5 Å². The van der Waals surface area contributed by atoms with Crippen LogP contribution in [0.1, 0.15) is 164 Å². The van der Waals surface area contributed by atoms with Gasteiger partial charge in [0.05, 0.1) is 18.6 Å². The maximum absolute atomic E-state index is 13.1. The van der Waals surface area contributed by atoms with Crippen LogP contribution in [0.3, 0.4) is 0 Å². The van der Waals surface area contributed by atoms with Crippen LogP contribution in [0.4, 0.5) is 0 Å². The summed E-state index contributed by atoms with van der Waals surface area (Å²) in [4.78, 5) is 13.1. The zero-order valence-electron chi connectivity index (χ0n) is 25.5. The van der Waals surface area contributed by atoms with Crippen molar-refractivity contribution >= 4 is 5.97 Å². The smallest absolute Gasteiger partial charge is 0.308 e. The summed E-state index contributed by atoms with van der Waals surface area (Å²) >= 11 is 0. The van der Waals surface area contributed by atoms with Crippen LogP contribution in [0.5, 0.6) is 0 Å². The van der Waals surface area contributed by atoms with Gasteiger partial charge in [0.25, 0.3) is 0 Å². The molecule has 0 aromatic carbocycles. The first kappa shape index (κ1) is 33.5. The van der Waals surface area contributed by atoms with Gasteiger partial charge in [-0.25, -0.2) is 0 Å². The van der Waals surface area contributed by atoms with E-state index in [4.69, 9.17) is 4.74 Å². The van der Waals surface area contributed by atoms with E-state index in [1.165, 1.54) is 77.0 Å². The molecule has 1 fully saturated rings. The Balaban J connectivity index is 2.27. The predicted octanol–water partition coefficient (Wildman–Crippen LogP) is 9.89. The second-order valence-corrected chi connectivity index (χ2v) is 13.3. The van der Waals surface area contributed by atoms with Crippen LogP contribution < -0.4 is 0 Å². The van der Waals surface area contributed by atoms with Crippen molar-refractivity contribution in [1.82, 2.24) is 0 Å². The second-order valence-electron chi connectivity index (χ2n) is 13.3. The number of carbonyl (C=O) groups is 1. The monoisotopic (exact) mass is 508 g/mol. The molecular formula is C33H64O3. The SMILES string of the molecule is CCCCCCCCCCCCCCCCOC(=O)C1CC(C(C)(C)CC)C(O)C(C(C)(C)CC)C1. The van der Waals surface area contributed by atoms with Crippen molar-refractivity contribution in [3.63, 3.8) is 0 Å². The maximum Gasteiger partial charge on any atom is 0.308 e. The zero-order chi connectivity index (χ0) is 27.0. The maximum atomic E-state index is 13.1. The largest absolute Gasteiger partial charge is 0.465 e. The van der Waals surface area contributed by atoms with Gasteiger partial charge in [0.2, 0.25) is 0 Å². The summed E-state index contributed by atoms with van der Waals surface area (Å²) in [6.07, 6.45) is 21.9. The summed E-state index contributed by atoms with van der Waals surface area (Å²) in [6, 6.07) is 0. The van der Waals surface area contributed by atoms with Crippen molar-refractivity contribution in [3.8, 4) is 0 Å². The molecule has 0 radical (unpaired) electrons. The van der Waals surface area contributed by atoms with E-state index in [1.54, 1.807) is 0 Å². The quantitative estimate of drug-likeness (QED) is 0.131. The zero-order valence-corrected chi connectivity index (χ0v) is 25.5. The number of carbonyl (C=O) groups excluding carboxylic acids is 1. The van der Waals surface area contributed by atoms with Crippen LogP contribution in [0.2, 0.25) is 0 Å². The third-order valence-corrected chi connectivity index (χ3v) is 9.81. The van der Waals surface area contributed by atoms with Crippen molar-refractivity contribution in [2.45, 2.75) is 170 Å². The van der Waals surface area contributed by atoms with Crippen LogP contribution in [0, 0.1) is 28.6 Å². The minimum absolute atomic E-state index is 0.0228. The fourth-order valence-corrected chi connectivity index (χ4v) is 6.14. The van der Waals surface area contributed by atoms with Gasteiger partial charge in [-0.15, -0.1) is 0 Å². The number of esters is 1. The summed E-state index contributed by atoms with van der Waals surface area (Å²) in [7, 11) is 0. The lowest BCUT2D eigenvalue weighted by molar-refractivity contribution is -0.158. The van der Waals surface area contributed by atoms with Crippen LogP contribution in [0.15, 0.2) is 0 Å². The predicted molar refractivity (Wildman–Crippen MR) is 155 cm³/mol.